The first kappa shape index (κ1) is 23.1. The first-order chi connectivity index (χ1) is 13.2. The van der Waals surface area contributed by atoms with E-state index in [0.29, 0.717) is 0 Å². The van der Waals surface area contributed by atoms with E-state index in [2.05, 4.69) is 60.2 Å². The number of ether oxygens (including phenoxy) is 1. The van der Waals surface area contributed by atoms with Crippen molar-refractivity contribution in [1.82, 2.24) is 15.2 Å². The Bertz CT molecular complexity index is 764. The molecule has 3 rings (SSSR count). The van der Waals surface area contributed by atoms with Crippen LogP contribution in [0.5, 0.6) is 0 Å². The van der Waals surface area contributed by atoms with Crippen LogP contribution in [0.25, 0.3) is 0 Å². The number of nitrogens with zero attached hydrogens (tertiary/aromatic N) is 3. The van der Waals surface area contributed by atoms with E-state index in [0.717, 1.165) is 51.6 Å². The fourth-order valence-corrected chi connectivity index (χ4v) is 4.14. The molecule has 5 nitrogen and oxygen atoms in total. The Balaban J connectivity index is 0.00000280. The van der Waals surface area contributed by atoms with Crippen molar-refractivity contribution in [3.63, 3.8) is 0 Å². The van der Waals surface area contributed by atoms with Crippen LogP contribution in [0.15, 0.2) is 35.5 Å². The summed E-state index contributed by atoms with van der Waals surface area (Å²) in [5, 5.41) is 4.62. The van der Waals surface area contributed by atoms with Gasteiger partial charge in [-0.25, -0.2) is 4.98 Å². The zero-order valence-corrected chi connectivity index (χ0v) is 20.1. The summed E-state index contributed by atoms with van der Waals surface area (Å²) >= 11 is 1.80. The Labute approximate surface area is 189 Å². The van der Waals surface area contributed by atoms with E-state index in [1.807, 2.05) is 6.20 Å². The van der Waals surface area contributed by atoms with Crippen LogP contribution < -0.4 is 5.32 Å². The molecule has 0 amide bonds. The van der Waals surface area contributed by atoms with Gasteiger partial charge in [-0.3, -0.25) is 4.99 Å². The van der Waals surface area contributed by atoms with Gasteiger partial charge in [-0.1, -0.05) is 31.2 Å². The van der Waals surface area contributed by atoms with Crippen LogP contribution in [-0.4, -0.2) is 48.6 Å². The highest BCUT2D eigenvalue weighted by atomic mass is 127. The molecule has 0 bridgehead atoms. The lowest BCUT2D eigenvalue weighted by Gasteiger charge is -2.35. The van der Waals surface area contributed by atoms with Crippen LogP contribution in [0.1, 0.15) is 41.0 Å². The zero-order valence-electron chi connectivity index (χ0n) is 17.0. The normalized spacial score (nSPS) is 17.3. The van der Waals surface area contributed by atoms with Crippen molar-refractivity contribution in [2.45, 2.75) is 39.7 Å². The van der Waals surface area contributed by atoms with Gasteiger partial charge in [0.2, 0.25) is 0 Å². The lowest BCUT2D eigenvalue weighted by molar-refractivity contribution is -0.00832. The monoisotopic (exact) mass is 514 g/mol. The summed E-state index contributed by atoms with van der Waals surface area (Å²) in [6.45, 7) is 10.5. The first-order valence-corrected chi connectivity index (χ1v) is 10.7. The van der Waals surface area contributed by atoms with Crippen LogP contribution in [0.4, 0.5) is 0 Å². The second-order valence-corrected chi connectivity index (χ2v) is 7.92. The first-order valence-electron chi connectivity index (χ1n) is 9.85. The smallest absolute Gasteiger partial charge is 0.194 e. The Morgan fingerprint density at radius 1 is 1.36 bits per heavy atom. The number of nitrogens with one attached hydrogen (secondary N) is 1. The third-order valence-electron chi connectivity index (χ3n) is 4.77. The van der Waals surface area contributed by atoms with E-state index in [1.54, 1.807) is 11.3 Å². The summed E-state index contributed by atoms with van der Waals surface area (Å²) in [5.41, 5.74) is 2.55. The van der Waals surface area contributed by atoms with Gasteiger partial charge in [-0.2, -0.15) is 0 Å². The van der Waals surface area contributed by atoms with E-state index in [9.17, 15) is 0 Å². The maximum atomic E-state index is 6.06. The van der Waals surface area contributed by atoms with Gasteiger partial charge in [0, 0.05) is 37.1 Å². The molecule has 1 aliphatic rings. The van der Waals surface area contributed by atoms with Gasteiger partial charge in [0.1, 0.15) is 6.10 Å². The SMILES string of the molecule is CCNC(=NCCc1ncc(CC)s1)N1CCOC(c2ccccc2C)C1.I. The van der Waals surface area contributed by atoms with Gasteiger partial charge in [0.05, 0.1) is 18.2 Å². The quantitative estimate of drug-likeness (QED) is 0.357. The number of hydrogen-bond donors (Lipinski definition) is 1. The molecule has 154 valence electrons. The fourth-order valence-electron chi connectivity index (χ4n) is 3.29. The Morgan fingerprint density at radius 2 is 2.18 bits per heavy atom. The van der Waals surface area contributed by atoms with Crippen LogP contribution in [0, 0.1) is 6.92 Å². The maximum Gasteiger partial charge on any atom is 0.194 e. The van der Waals surface area contributed by atoms with Crippen molar-refractivity contribution in [2.24, 2.45) is 4.99 Å². The summed E-state index contributed by atoms with van der Waals surface area (Å²) in [4.78, 5) is 13.0. The minimum absolute atomic E-state index is 0. The van der Waals surface area contributed by atoms with E-state index in [4.69, 9.17) is 9.73 Å². The van der Waals surface area contributed by atoms with Gasteiger partial charge in [0.25, 0.3) is 0 Å². The van der Waals surface area contributed by atoms with Crippen molar-refractivity contribution in [3.05, 3.63) is 51.5 Å². The van der Waals surface area contributed by atoms with Gasteiger partial charge in [0.15, 0.2) is 5.96 Å². The standard InChI is InChI=1S/C21H30N4OS.HI/c1-4-17-14-24-20(27-17)10-11-23-21(22-5-2)25-12-13-26-19(15-25)18-9-7-6-8-16(18)3;/h6-9,14,19H,4-5,10-13,15H2,1-3H3,(H,22,23);1H. The van der Waals surface area contributed by atoms with Crippen LogP contribution >= 0.6 is 35.3 Å². The predicted octanol–water partition coefficient (Wildman–Crippen LogP) is 4.21. The highest BCUT2D eigenvalue weighted by Crippen LogP contribution is 2.25. The van der Waals surface area contributed by atoms with Crippen LogP contribution in [0.2, 0.25) is 0 Å². The molecular formula is C21H31IN4OS. The van der Waals surface area contributed by atoms with Gasteiger partial charge < -0.3 is 15.0 Å². The number of halogens is 1. The van der Waals surface area contributed by atoms with Gasteiger partial charge >= 0.3 is 0 Å². The summed E-state index contributed by atoms with van der Waals surface area (Å²) in [5.74, 6) is 0.978. The van der Waals surface area contributed by atoms with Crippen molar-refractivity contribution in [3.8, 4) is 0 Å². The molecule has 1 aromatic heterocycles. The number of rotatable bonds is 6. The molecule has 1 saturated heterocycles. The summed E-state index contributed by atoms with van der Waals surface area (Å²) in [7, 11) is 0. The molecule has 28 heavy (non-hydrogen) atoms. The van der Waals surface area contributed by atoms with Crippen LogP contribution in [-0.2, 0) is 17.6 Å². The number of aryl methyl sites for hydroxylation is 2. The second-order valence-electron chi connectivity index (χ2n) is 6.72. The molecule has 7 heteroatoms. The molecule has 1 N–H and O–H groups in total. The lowest BCUT2D eigenvalue weighted by Crippen LogP contribution is -2.48. The van der Waals surface area contributed by atoms with Gasteiger partial charge in [-0.15, -0.1) is 35.3 Å². The number of morpholine rings is 1. The molecule has 2 heterocycles. The average Bonchev–Trinajstić information content (AvgIpc) is 3.16. The number of thiazole rings is 1. The number of guanidine groups is 1. The maximum absolute atomic E-state index is 6.06. The summed E-state index contributed by atoms with van der Waals surface area (Å²) in [6, 6.07) is 8.48. The summed E-state index contributed by atoms with van der Waals surface area (Å²) < 4.78 is 6.06. The average molecular weight is 514 g/mol. The second kappa shape index (κ2) is 11.7. The van der Waals surface area contributed by atoms with Crippen molar-refractivity contribution in [1.29, 1.82) is 0 Å². The Morgan fingerprint density at radius 3 is 2.89 bits per heavy atom. The van der Waals surface area contributed by atoms with Crippen molar-refractivity contribution in [2.75, 3.05) is 32.8 Å². The molecule has 1 unspecified atom stereocenters. The van der Waals surface area contributed by atoms with Gasteiger partial charge in [-0.05, 0) is 31.4 Å². The molecule has 1 fully saturated rings. The van der Waals surface area contributed by atoms with Crippen molar-refractivity contribution < 1.29 is 4.74 Å². The number of aromatic nitrogens is 1. The predicted molar refractivity (Wildman–Crippen MR) is 128 cm³/mol. The van der Waals surface area contributed by atoms with Crippen LogP contribution in [0.3, 0.4) is 0 Å². The van der Waals surface area contributed by atoms with E-state index < -0.39 is 0 Å². The highest BCUT2D eigenvalue weighted by molar-refractivity contribution is 14.0. The number of benzene rings is 1. The van der Waals surface area contributed by atoms with E-state index in [1.165, 1.54) is 21.0 Å². The lowest BCUT2D eigenvalue weighted by atomic mass is 10.0. The van der Waals surface area contributed by atoms with Crippen molar-refractivity contribution >= 4 is 41.3 Å². The molecular weight excluding hydrogens is 483 g/mol. The third kappa shape index (κ3) is 6.15. The molecule has 0 aliphatic carbocycles. The fraction of sp³-hybridized carbons (Fsp3) is 0.524. The largest absolute Gasteiger partial charge is 0.370 e. The topological polar surface area (TPSA) is 49.8 Å². The highest BCUT2D eigenvalue weighted by Gasteiger charge is 2.25. The minimum atomic E-state index is 0. The molecule has 0 radical (unpaired) electrons. The molecule has 1 atom stereocenters. The zero-order chi connectivity index (χ0) is 19.1. The minimum Gasteiger partial charge on any atom is -0.370 e. The number of aliphatic imine (C=N–C) groups is 1. The molecule has 1 aromatic carbocycles. The van der Waals surface area contributed by atoms with E-state index >= 15 is 0 Å². The molecule has 0 saturated carbocycles. The Kier molecular flexibility index (Phi) is 9.67. The number of hydrogen-bond acceptors (Lipinski definition) is 4. The van der Waals surface area contributed by atoms with E-state index in [-0.39, 0.29) is 30.1 Å². The summed E-state index contributed by atoms with van der Waals surface area (Å²) in [6.07, 6.45) is 4.03. The Hall–Kier alpha value is -1.19. The molecule has 0 spiro atoms. The molecule has 2 aromatic rings. The third-order valence-corrected chi connectivity index (χ3v) is 5.97. The molecule has 1 aliphatic heterocycles.